The quantitative estimate of drug-likeness (QED) is 0.625. The molecule has 0 bridgehead atoms. The lowest BCUT2D eigenvalue weighted by molar-refractivity contribution is -0.136. The average Bonchev–Trinajstić information content (AvgIpc) is 2.55. The van der Waals surface area contributed by atoms with Crippen LogP contribution in [-0.2, 0) is 9.59 Å². The van der Waals surface area contributed by atoms with E-state index in [1.165, 1.54) is 25.9 Å². The molecule has 1 unspecified atom stereocenters. The minimum Gasteiger partial charge on any atom is -0.348 e. The van der Waals surface area contributed by atoms with E-state index in [9.17, 15) is 9.59 Å². The molecule has 126 valence electrons. The number of benzene rings is 1. The zero-order valence-electron chi connectivity index (χ0n) is 13.9. The third kappa shape index (κ3) is 6.40. The largest absolute Gasteiger partial charge is 0.348 e. The molecule has 0 aliphatic carbocycles. The second-order valence-corrected chi connectivity index (χ2v) is 6.33. The Bertz CT molecular complexity index is 504. The van der Waals surface area contributed by atoms with Crippen molar-refractivity contribution in [3.63, 3.8) is 0 Å². The molecule has 2 N–H and O–H groups in total. The van der Waals surface area contributed by atoms with E-state index in [2.05, 4.69) is 22.5 Å². The Hall–Kier alpha value is -1.88. The van der Waals surface area contributed by atoms with Crippen molar-refractivity contribution in [1.29, 1.82) is 0 Å². The van der Waals surface area contributed by atoms with Crippen LogP contribution in [-0.4, -0.2) is 42.9 Å². The van der Waals surface area contributed by atoms with Gasteiger partial charge in [-0.2, -0.15) is 0 Å². The van der Waals surface area contributed by atoms with Gasteiger partial charge in [0, 0.05) is 18.8 Å². The maximum atomic E-state index is 11.7. The number of carbonyl (C=O) groups is 2. The van der Waals surface area contributed by atoms with Crippen LogP contribution in [0.15, 0.2) is 30.3 Å². The number of rotatable bonds is 6. The SMILES string of the molecule is CC1CCCN(CCCCNC(=O)C(=O)Nc2ccccc2)C1. The number of amides is 2. The molecule has 1 atom stereocenters. The highest BCUT2D eigenvalue weighted by molar-refractivity contribution is 6.39. The molecule has 1 saturated heterocycles. The second-order valence-electron chi connectivity index (χ2n) is 6.33. The molecule has 0 saturated carbocycles. The molecule has 1 heterocycles. The minimum absolute atomic E-state index is 0.546. The van der Waals surface area contributed by atoms with E-state index in [0.717, 1.165) is 25.3 Å². The lowest BCUT2D eigenvalue weighted by Gasteiger charge is -2.30. The molecule has 1 aliphatic rings. The molecule has 2 rings (SSSR count). The summed E-state index contributed by atoms with van der Waals surface area (Å²) < 4.78 is 0. The van der Waals surface area contributed by atoms with Gasteiger partial charge in [0.2, 0.25) is 0 Å². The summed E-state index contributed by atoms with van der Waals surface area (Å²) >= 11 is 0. The summed E-state index contributed by atoms with van der Waals surface area (Å²) in [5, 5.41) is 5.26. The third-order valence-corrected chi connectivity index (χ3v) is 4.17. The minimum atomic E-state index is -0.610. The average molecular weight is 317 g/mol. The van der Waals surface area contributed by atoms with Crippen molar-refractivity contribution < 1.29 is 9.59 Å². The van der Waals surface area contributed by atoms with Crippen LogP contribution < -0.4 is 10.6 Å². The zero-order chi connectivity index (χ0) is 16.5. The number of carbonyl (C=O) groups excluding carboxylic acids is 2. The van der Waals surface area contributed by atoms with E-state index in [0.29, 0.717) is 12.2 Å². The summed E-state index contributed by atoms with van der Waals surface area (Å²) in [4.78, 5) is 25.9. The molecular formula is C18H27N3O2. The second kappa shape index (κ2) is 9.30. The van der Waals surface area contributed by atoms with Gasteiger partial charge in [-0.15, -0.1) is 0 Å². The summed E-state index contributed by atoms with van der Waals surface area (Å²) in [6.07, 6.45) is 4.57. The molecule has 1 aromatic carbocycles. The highest BCUT2D eigenvalue weighted by atomic mass is 16.2. The smallest absolute Gasteiger partial charge is 0.313 e. The van der Waals surface area contributed by atoms with E-state index in [4.69, 9.17) is 0 Å². The number of hydrogen-bond donors (Lipinski definition) is 2. The van der Waals surface area contributed by atoms with E-state index in [1.54, 1.807) is 12.1 Å². The predicted octanol–water partition coefficient (Wildman–Crippen LogP) is 2.25. The van der Waals surface area contributed by atoms with Gasteiger partial charge in [-0.05, 0) is 56.8 Å². The van der Waals surface area contributed by atoms with Crippen LogP contribution in [0.25, 0.3) is 0 Å². The first-order valence-electron chi connectivity index (χ1n) is 8.52. The maximum absolute atomic E-state index is 11.7. The predicted molar refractivity (Wildman–Crippen MR) is 92.2 cm³/mol. The van der Waals surface area contributed by atoms with Crippen LogP contribution in [0, 0.1) is 5.92 Å². The molecule has 1 aliphatic heterocycles. The number of piperidine rings is 1. The van der Waals surface area contributed by atoms with Crippen LogP contribution >= 0.6 is 0 Å². The van der Waals surface area contributed by atoms with Crippen LogP contribution in [0.1, 0.15) is 32.6 Å². The molecular weight excluding hydrogens is 290 g/mol. The number of para-hydroxylation sites is 1. The lowest BCUT2D eigenvalue weighted by atomic mass is 10.0. The Morgan fingerprint density at radius 1 is 1.17 bits per heavy atom. The summed E-state index contributed by atoms with van der Waals surface area (Å²) in [6, 6.07) is 9.00. The van der Waals surface area contributed by atoms with Gasteiger partial charge in [0.15, 0.2) is 0 Å². The Morgan fingerprint density at radius 2 is 1.96 bits per heavy atom. The molecule has 23 heavy (non-hydrogen) atoms. The Morgan fingerprint density at radius 3 is 2.70 bits per heavy atom. The fourth-order valence-electron chi connectivity index (χ4n) is 2.94. The molecule has 1 aromatic rings. The van der Waals surface area contributed by atoms with Gasteiger partial charge in [-0.3, -0.25) is 9.59 Å². The zero-order valence-corrected chi connectivity index (χ0v) is 13.9. The summed E-state index contributed by atoms with van der Waals surface area (Å²) in [5.74, 6) is -0.383. The Labute approximate surface area is 138 Å². The van der Waals surface area contributed by atoms with Crippen molar-refractivity contribution >= 4 is 17.5 Å². The van der Waals surface area contributed by atoms with Crippen molar-refractivity contribution in [3.8, 4) is 0 Å². The lowest BCUT2D eigenvalue weighted by Crippen LogP contribution is -2.37. The van der Waals surface area contributed by atoms with Crippen LogP contribution in [0.4, 0.5) is 5.69 Å². The number of nitrogens with zero attached hydrogens (tertiary/aromatic N) is 1. The molecule has 0 aromatic heterocycles. The highest BCUT2D eigenvalue weighted by Crippen LogP contribution is 2.15. The molecule has 5 heteroatoms. The van der Waals surface area contributed by atoms with Crippen molar-refractivity contribution in [2.75, 3.05) is 31.5 Å². The third-order valence-electron chi connectivity index (χ3n) is 4.17. The van der Waals surface area contributed by atoms with Gasteiger partial charge in [-0.1, -0.05) is 25.1 Å². The summed E-state index contributed by atoms with van der Waals surface area (Å²) in [7, 11) is 0. The van der Waals surface area contributed by atoms with Crippen molar-refractivity contribution in [2.24, 2.45) is 5.92 Å². The highest BCUT2D eigenvalue weighted by Gasteiger charge is 2.16. The van der Waals surface area contributed by atoms with Gasteiger partial charge in [0.25, 0.3) is 0 Å². The summed E-state index contributed by atoms with van der Waals surface area (Å²) in [6.45, 7) is 6.31. The first-order valence-corrected chi connectivity index (χ1v) is 8.52. The van der Waals surface area contributed by atoms with Gasteiger partial charge in [-0.25, -0.2) is 0 Å². The number of anilines is 1. The van der Waals surface area contributed by atoms with Crippen LogP contribution in [0.2, 0.25) is 0 Å². The topological polar surface area (TPSA) is 61.4 Å². The van der Waals surface area contributed by atoms with E-state index in [-0.39, 0.29) is 0 Å². The number of likely N-dealkylation sites (tertiary alicyclic amines) is 1. The summed E-state index contributed by atoms with van der Waals surface area (Å²) in [5.41, 5.74) is 0.631. The molecule has 0 spiro atoms. The van der Waals surface area contributed by atoms with E-state index >= 15 is 0 Å². The van der Waals surface area contributed by atoms with E-state index in [1.807, 2.05) is 18.2 Å². The van der Waals surface area contributed by atoms with Crippen LogP contribution in [0.3, 0.4) is 0 Å². The standard InChI is InChI=1S/C18H27N3O2/c1-15-8-7-13-21(14-15)12-6-5-11-19-17(22)18(23)20-16-9-3-2-4-10-16/h2-4,9-10,15H,5-8,11-14H2,1H3,(H,19,22)(H,20,23). The fourth-order valence-corrected chi connectivity index (χ4v) is 2.94. The normalized spacial score (nSPS) is 18.4. The Balaban J connectivity index is 1.56. The van der Waals surface area contributed by atoms with E-state index < -0.39 is 11.8 Å². The monoisotopic (exact) mass is 317 g/mol. The first kappa shape index (κ1) is 17.5. The van der Waals surface area contributed by atoms with Crippen molar-refractivity contribution in [1.82, 2.24) is 10.2 Å². The fraction of sp³-hybridized carbons (Fsp3) is 0.556. The molecule has 5 nitrogen and oxygen atoms in total. The van der Waals surface area contributed by atoms with Crippen molar-refractivity contribution in [2.45, 2.75) is 32.6 Å². The number of nitrogens with one attached hydrogen (secondary N) is 2. The maximum Gasteiger partial charge on any atom is 0.313 e. The van der Waals surface area contributed by atoms with Gasteiger partial charge < -0.3 is 15.5 Å². The number of unbranched alkanes of at least 4 members (excludes halogenated alkanes) is 1. The van der Waals surface area contributed by atoms with Gasteiger partial charge >= 0.3 is 11.8 Å². The first-order chi connectivity index (χ1) is 11.1. The molecule has 1 fully saturated rings. The van der Waals surface area contributed by atoms with Crippen LogP contribution in [0.5, 0.6) is 0 Å². The molecule has 0 radical (unpaired) electrons. The number of hydrogen-bond acceptors (Lipinski definition) is 3. The van der Waals surface area contributed by atoms with Gasteiger partial charge in [0.1, 0.15) is 0 Å². The Kier molecular flexibility index (Phi) is 7.07. The van der Waals surface area contributed by atoms with Gasteiger partial charge in [0.05, 0.1) is 0 Å². The van der Waals surface area contributed by atoms with Crippen molar-refractivity contribution in [3.05, 3.63) is 30.3 Å². The molecule has 2 amide bonds.